The Hall–Kier alpha value is -0.390. The number of hydrogen-bond donors (Lipinski definition) is 1. The SMILES string of the molecule is CCn1nc(C)c(Br)c1CC(C)(O)COC. The highest BCUT2D eigenvalue weighted by molar-refractivity contribution is 9.10. The van der Waals surface area contributed by atoms with Crippen molar-refractivity contribution in [2.45, 2.75) is 39.3 Å². The summed E-state index contributed by atoms with van der Waals surface area (Å²) < 4.78 is 7.89. The van der Waals surface area contributed by atoms with E-state index in [0.717, 1.165) is 22.4 Å². The van der Waals surface area contributed by atoms with Crippen molar-refractivity contribution in [3.05, 3.63) is 15.9 Å². The van der Waals surface area contributed by atoms with E-state index in [0.29, 0.717) is 13.0 Å². The third-order valence-corrected chi connectivity index (χ3v) is 3.49. The van der Waals surface area contributed by atoms with E-state index >= 15 is 0 Å². The van der Waals surface area contributed by atoms with Crippen molar-refractivity contribution >= 4 is 15.9 Å². The average Bonchev–Trinajstić information content (AvgIpc) is 2.45. The van der Waals surface area contributed by atoms with Crippen molar-refractivity contribution in [1.29, 1.82) is 0 Å². The summed E-state index contributed by atoms with van der Waals surface area (Å²) in [6, 6.07) is 0. The van der Waals surface area contributed by atoms with Crippen LogP contribution < -0.4 is 0 Å². The lowest BCUT2D eigenvalue weighted by molar-refractivity contribution is -0.0175. The third kappa shape index (κ3) is 3.06. The molecule has 0 bridgehead atoms. The minimum absolute atomic E-state index is 0.313. The van der Waals surface area contributed by atoms with E-state index in [2.05, 4.69) is 21.0 Å². The lowest BCUT2D eigenvalue weighted by Crippen LogP contribution is -2.33. The van der Waals surface area contributed by atoms with Gasteiger partial charge in [0.25, 0.3) is 0 Å². The quantitative estimate of drug-likeness (QED) is 0.901. The minimum Gasteiger partial charge on any atom is -0.387 e. The van der Waals surface area contributed by atoms with Crippen LogP contribution in [0.1, 0.15) is 25.2 Å². The molecule has 0 saturated heterocycles. The molecule has 1 aromatic rings. The maximum absolute atomic E-state index is 10.1. The van der Waals surface area contributed by atoms with Crippen LogP contribution in [0.5, 0.6) is 0 Å². The second kappa shape index (κ2) is 5.29. The van der Waals surface area contributed by atoms with Gasteiger partial charge in [0.15, 0.2) is 0 Å². The zero-order chi connectivity index (χ0) is 12.3. The van der Waals surface area contributed by atoms with E-state index in [-0.39, 0.29) is 0 Å². The standard InChI is InChI=1S/C11H19BrN2O2/c1-5-14-9(10(12)8(2)13-14)6-11(3,15)7-16-4/h15H,5-7H2,1-4H3. The molecule has 1 aromatic heterocycles. The lowest BCUT2D eigenvalue weighted by Gasteiger charge is -2.22. The molecule has 1 heterocycles. The van der Waals surface area contributed by atoms with Crippen LogP contribution >= 0.6 is 15.9 Å². The summed E-state index contributed by atoms with van der Waals surface area (Å²) in [5, 5.41) is 14.5. The molecule has 0 spiro atoms. The smallest absolute Gasteiger partial charge is 0.0907 e. The number of halogens is 1. The van der Waals surface area contributed by atoms with E-state index < -0.39 is 5.60 Å². The van der Waals surface area contributed by atoms with Gasteiger partial charge in [-0.1, -0.05) is 0 Å². The first-order chi connectivity index (χ1) is 7.41. The Morgan fingerprint density at radius 1 is 1.56 bits per heavy atom. The van der Waals surface area contributed by atoms with Crippen molar-refractivity contribution in [2.24, 2.45) is 0 Å². The summed E-state index contributed by atoms with van der Waals surface area (Å²) in [6.07, 6.45) is 0.524. The van der Waals surface area contributed by atoms with Crippen molar-refractivity contribution in [3.8, 4) is 0 Å². The van der Waals surface area contributed by atoms with Gasteiger partial charge in [-0.15, -0.1) is 0 Å². The van der Waals surface area contributed by atoms with Crippen LogP contribution in [0, 0.1) is 6.92 Å². The van der Waals surface area contributed by atoms with Crippen LogP contribution in [0.4, 0.5) is 0 Å². The molecule has 0 aliphatic heterocycles. The Balaban J connectivity index is 2.95. The first-order valence-electron chi connectivity index (χ1n) is 5.34. The summed E-state index contributed by atoms with van der Waals surface area (Å²) in [5.41, 5.74) is 1.10. The molecule has 16 heavy (non-hydrogen) atoms. The number of rotatable bonds is 5. The van der Waals surface area contributed by atoms with Crippen molar-refractivity contribution < 1.29 is 9.84 Å². The zero-order valence-corrected chi connectivity index (χ0v) is 11.8. The summed E-state index contributed by atoms with van der Waals surface area (Å²) in [6.45, 7) is 6.86. The Morgan fingerprint density at radius 3 is 2.69 bits per heavy atom. The molecular formula is C11H19BrN2O2. The van der Waals surface area contributed by atoms with Gasteiger partial charge in [-0.2, -0.15) is 5.10 Å². The summed E-state index contributed by atoms with van der Waals surface area (Å²) in [4.78, 5) is 0. The molecule has 4 nitrogen and oxygen atoms in total. The molecule has 0 aliphatic carbocycles. The summed E-state index contributed by atoms with van der Waals surface area (Å²) in [5.74, 6) is 0. The fourth-order valence-corrected chi connectivity index (χ4v) is 2.18. The summed E-state index contributed by atoms with van der Waals surface area (Å²) in [7, 11) is 1.59. The number of hydrogen-bond acceptors (Lipinski definition) is 3. The third-order valence-electron chi connectivity index (χ3n) is 2.46. The van der Waals surface area contributed by atoms with Gasteiger partial charge >= 0.3 is 0 Å². The van der Waals surface area contributed by atoms with Gasteiger partial charge < -0.3 is 9.84 Å². The highest BCUT2D eigenvalue weighted by Crippen LogP contribution is 2.25. The Bertz CT molecular complexity index is 361. The van der Waals surface area contributed by atoms with Crippen LogP contribution in [0.2, 0.25) is 0 Å². The second-order valence-corrected chi connectivity index (χ2v) is 5.06. The van der Waals surface area contributed by atoms with Crippen molar-refractivity contribution in [3.63, 3.8) is 0 Å². The minimum atomic E-state index is -0.864. The van der Waals surface area contributed by atoms with Gasteiger partial charge in [0.1, 0.15) is 0 Å². The molecule has 0 fully saturated rings. The average molecular weight is 291 g/mol. The van der Waals surface area contributed by atoms with Crippen LogP contribution in [0.3, 0.4) is 0 Å². The molecule has 0 aliphatic rings. The fourth-order valence-electron chi connectivity index (χ4n) is 1.76. The van der Waals surface area contributed by atoms with Gasteiger partial charge in [0.05, 0.1) is 28.1 Å². The highest BCUT2D eigenvalue weighted by Gasteiger charge is 2.25. The molecule has 5 heteroatoms. The van der Waals surface area contributed by atoms with E-state index in [9.17, 15) is 5.11 Å². The van der Waals surface area contributed by atoms with E-state index in [4.69, 9.17) is 4.74 Å². The van der Waals surface area contributed by atoms with Crippen molar-refractivity contribution in [1.82, 2.24) is 9.78 Å². The van der Waals surface area contributed by atoms with E-state index in [1.807, 2.05) is 18.5 Å². The van der Waals surface area contributed by atoms with Gasteiger partial charge in [0.2, 0.25) is 0 Å². The molecule has 0 aromatic carbocycles. The van der Waals surface area contributed by atoms with Crippen LogP contribution in [-0.4, -0.2) is 34.2 Å². The molecule has 0 saturated carbocycles. The Morgan fingerprint density at radius 2 is 2.19 bits per heavy atom. The molecular weight excluding hydrogens is 272 g/mol. The first kappa shape index (κ1) is 13.7. The molecule has 0 radical (unpaired) electrons. The molecule has 1 atom stereocenters. The van der Waals surface area contributed by atoms with E-state index in [1.165, 1.54) is 0 Å². The van der Waals surface area contributed by atoms with Crippen LogP contribution in [0.25, 0.3) is 0 Å². The lowest BCUT2D eigenvalue weighted by atomic mass is 10.0. The van der Waals surface area contributed by atoms with Gasteiger partial charge in [-0.05, 0) is 36.7 Å². The predicted octanol–water partition coefficient (Wildman–Crippen LogP) is 1.91. The Kier molecular flexibility index (Phi) is 4.52. The molecule has 1 N–H and O–H groups in total. The van der Waals surface area contributed by atoms with Crippen LogP contribution in [-0.2, 0) is 17.7 Å². The number of aryl methyl sites for hydroxylation is 2. The predicted molar refractivity (Wildman–Crippen MR) is 66.5 cm³/mol. The van der Waals surface area contributed by atoms with Crippen molar-refractivity contribution in [2.75, 3.05) is 13.7 Å². The number of aromatic nitrogens is 2. The fraction of sp³-hybridized carbons (Fsp3) is 0.727. The number of methoxy groups -OCH3 is 1. The topological polar surface area (TPSA) is 47.3 Å². The largest absolute Gasteiger partial charge is 0.387 e. The number of ether oxygens (including phenoxy) is 1. The Labute approximate surface area is 105 Å². The van der Waals surface area contributed by atoms with Gasteiger partial charge in [0, 0.05) is 20.1 Å². The maximum Gasteiger partial charge on any atom is 0.0907 e. The van der Waals surface area contributed by atoms with Gasteiger partial charge in [-0.25, -0.2) is 0 Å². The monoisotopic (exact) mass is 290 g/mol. The zero-order valence-electron chi connectivity index (χ0n) is 10.2. The normalized spacial score (nSPS) is 15.1. The number of aliphatic hydroxyl groups is 1. The van der Waals surface area contributed by atoms with E-state index in [1.54, 1.807) is 14.0 Å². The molecule has 1 rings (SSSR count). The summed E-state index contributed by atoms with van der Waals surface area (Å²) >= 11 is 3.51. The molecule has 1 unspecified atom stereocenters. The van der Waals surface area contributed by atoms with Gasteiger partial charge in [-0.3, -0.25) is 4.68 Å². The van der Waals surface area contributed by atoms with Crippen LogP contribution in [0.15, 0.2) is 4.47 Å². The first-order valence-corrected chi connectivity index (χ1v) is 6.13. The number of nitrogens with zero attached hydrogens (tertiary/aromatic N) is 2. The maximum atomic E-state index is 10.1. The second-order valence-electron chi connectivity index (χ2n) is 4.27. The molecule has 0 amide bonds. The molecule has 92 valence electrons. The highest BCUT2D eigenvalue weighted by atomic mass is 79.9.